The molecule has 1 unspecified atom stereocenters. The van der Waals surface area contributed by atoms with Crippen LogP contribution in [0.25, 0.3) is 11.1 Å². The van der Waals surface area contributed by atoms with Crippen molar-refractivity contribution in [2.45, 2.75) is 31.7 Å². The molecule has 2 aromatic carbocycles. The Morgan fingerprint density at radius 3 is 2.06 bits per heavy atom. The van der Waals surface area contributed by atoms with Crippen LogP contribution in [0, 0.1) is 0 Å². The molecule has 0 aromatic heterocycles. The Bertz CT molecular complexity index is 1020. The van der Waals surface area contributed by atoms with Gasteiger partial charge in [0, 0.05) is 5.92 Å². The summed E-state index contributed by atoms with van der Waals surface area (Å²) in [6.07, 6.45) is -0.494. The molecule has 9 nitrogen and oxygen atoms in total. The standard InChI is InChI=1S/C24H27N3O6/c1-3-24(2,22(31)26-12-20(28)25-13-21(29)30)27-23(32)33-14-19-17-10-6-4-8-15(17)16-9-5-7-11-18(16)19/h4-11,19H,3,12-14H2,1-2H3,(H,25,28)(H,26,31)(H,27,32)(H,29,30). The highest BCUT2D eigenvalue weighted by Gasteiger charge is 2.35. The molecule has 3 rings (SSSR count). The van der Waals surface area contributed by atoms with Crippen molar-refractivity contribution in [2.24, 2.45) is 0 Å². The second kappa shape index (κ2) is 10.2. The molecule has 174 valence electrons. The van der Waals surface area contributed by atoms with Gasteiger partial charge in [0.2, 0.25) is 11.8 Å². The summed E-state index contributed by atoms with van der Waals surface area (Å²) in [4.78, 5) is 47.3. The van der Waals surface area contributed by atoms with E-state index in [1.165, 1.54) is 6.92 Å². The van der Waals surface area contributed by atoms with Gasteiger partial charge < -0.3 is 25.8 Å². The van der Waals surface area contributed by atoms with Gasteiger partial charge in [0.05, 0.1) is 6.54 Å². The maximum absolute atomic E-state index is 12.6. The molecule has 9 heteroatoms. The molecule has 0 saturated heterocycles. The number of carbonyl (C=O) groups excluding carboxylic acids is 3. The summed E-state index contributed by atoms with van der Waals surface area (Å²) < 4.78 is 5.50. The zero-order valence-electron chi connectivity index (χ0n) is 18.5. The average Bonchev–Trinajstić information content (AvgIpc) is 3.13. The van der Waals surface area contributed by atoms with E-state index in [2.05, 4.69) is 16.0 Å². The van der Waals surface area contributed by atoms with E-state index in [-0.39, 0.29) is 18.9 Å². The van der Waals surface area contributed by atoms with Crippen LogP contribution < -0.4 is 16.0 Å². The van der Waals surface area contributed by atoms with Gasteiger partial charge in [-0.05, 0) is 35.6 Å². The van der Waals surface area contributed by atoms with Crippen LogP contribution >= 0.6 is 0 Å². The van der Waals surface area contributed by atoms with Gasteiger partial charge in [0.1, 0.15) is 18.7 Å². The summed E-state index contributed by atoms with van der Waals surface area (Å²) in [5.41, 5.74) is 3.07. The SMILES string of the molecule is CCC(C)(NC(=O)OCC1c2ccccc2-c2ccccc21)C(=O)NCC(=O)NCC(=O)O. The summed E-state index contributed by atoms with van der Waals surface area (Å²) in [6.45, 7) is 2.40. The Morgan fingerprint density at radius 1 is 0.939 bits per heavy atom. The normalized spacial score (nSPS) is 13.8. The average molecular weight is 453 g/mol. The number of carboxylic acid groups (broad SMARTS) is 1. The highest BCUT2D eigenvalue weighted by atomic mass is 16.5. The number of nitrogens with one attached hydrogen (secondary N) is 3. The van der Waals surface area contributed by atoms with Crippen molar-refractivity contribution in [1.82, 2.24) is 16.0 Å². The van der Waals surface area contributed by atoms with E-state index in [9.17, 15) is 19.2 Å². The van der Waals surface area contributed by atoms with Crippen LogP contribution in [0.15, 0.2) is 48.5 Å². The van der Waals surface area contributed by atoms with Crippen LogP contribution in [-0.4, -0.2) is 54.2 Å². The number of fused-ring (bicyclic) bond motifs is 3. The van der Waals surface area contributed by atoms with E-state index in [1.807, 2.05) is 48.5 Å². The zero-order valence-corrected chi connectivity index (χ0v) is 18.5. The lowest BCUT2D eigenvalue weighted by Gasteiger charge is -2.28. The predicted octanol–water partition coefficient (Wildman–Crippen LogP) is 2.01. The lowest BCUT2D eigenvalue weighted by atomic mass is 9.97. The number of carbonyl (C=O) groups is 4. The second-order valence-corrected chi connectivity index (χ2v) is 7.99. The molecular weight excluding hydrogens is 426 g/mol. The summed E-state index contributed by atoms with van der Waals surface area (Å²) in [5, 5.41) is 15.7. The fraction of sp³-hybridized carbons (Fsp3) is 0.333. The van der Waals surface area contributed by atoms with Gasteiger partial charge in [-0.25, -0.2) is 4.79 Å². The highest BCUT2D eigenvalue weighted by molar-refractivity contribution is 5.92. The third kappa shape index (κ3) is 5.49. The van der Waals surface area contributed by atoms with Crippen LogP contribution in [0.1, 0.15) is 37.3 Å². The molecule has 0 bridgehead atoms. The number of ether oxygens (including phenoxy) is 1. The highest BCUT2D eigenvalue weighted by Crippen LogP contribution is 2.44. The van der Waals surface area contributed by atoms with Gasteiger partial charge in [-0.2, -0.15) is 0 Å². The molecule has 0 heterocycles. The Morgan fingerprint density at radius 2 is 1.52 bits per heavy atom. The molecular formula is C24H27N3O6. The van der Waals surface area contributed by atoms with Gasteiger partial charge in [0.25, 0.3) is 0 Å². The fourth-order valence-corrected chi connectivity index (χ4v) is 3.76. The number of aliphatic carboxylic acids is 1. The van der Waals surface area contributed by atoms with Crippen LogP contribution in [0.3, 0.4) is 0 Å². The molecule has 2 aromatic rings. The first-order valence-corrected chi connectivity index (χ1v) is 10.6. The minimum Gasteiger partial charge on any atom is -0.480 e. The maximum atomic E-state index is 12.6. The number of hydrogen-bond acceptors (Lipinski definition) is 5. The topological polar surface area (TPSA) is 134 Å². The molecule has 0 saturated carbocycles. The van der Waals surface area contributed by atoms with E-state index in [1.54, 1.807) is 6.92 Å². The van der Waals surface area contributed by atoms with Crippen molar-refractivity contribution in [3.8, 4) is 11.1 Å². The zero-order chi connectivity index (χ0) is 24.0. The summed E-state index contributed by atoms with van der Waals surface area (Å²) in [5.74, 6) is -2.53. The molecule has 33 heavy (non-hydrogen) atoms. The smallest absolute Gasteiger partial charge is 0.408 e. The summed E-state index contributed by atoms with van der Waals surface area (Å²) >= 11 is 0. The minimum absolute atomic E-state index is 0.109. The lowest BCUT2D eigenvalue weighted by molar-refractivity contribution is -0.137. The molecule has 0 radical (unpaired) electrons. The van der Waals surface area contributed by atoms with Gasteiger partial charge >= 0.3 is 12.1 Å². The molecule has 1 aliphatic rings. The number of hydrogen-bond donors (Lipinski definition) is 4. The molecule has 4 N–H and O–H groups in total. The van der Waals surface area contributed by atoms with Crippen molar-refractivity contribution in [2.75, 3.05) is 19.7 Å². The third-order valence-corrected chi connectivity index (χ3v) is 5.78. The van der Waals surface area contributed by atoms with Crippen molar-refractivity contribution in [3.05, 3.63) is 59.7 Å². The van der Waals surface area contributed by atoms with Gasteiger partial charge in [0.15, 0.2) is 0 Å². The monoisotopic (exact) mass is 453 g/mol. The number of alkyl carbamates (subject to hydrolysis) is 1. The first kappa shape index (κ1) is 23.8. The molecule has 1 aliphatic carbocycles. The largest absolute Gasteiger partial charge is 0.480 e. The van der Waals surface area contributed by atoms with Gasteiger partial charge in [-0.1, -0.05) is 55.5 Å². The van der Waals surface area contributed by atoms with E-state index in [0.29, 0.717) is 0 Å². The van der Waals surface area contributed by atoms with Crippen LogP contribution in [0.4, 0.5) is 4.79 Å². The second-order valence-electron chi connectivity index (χ2n) is 7.99. The molecule has 0 aliphatic heterocycles. The van der Waals surface area contributed by atoms with E-state index in [0.717, 1.165) is 22.3 Å². The van der Waals surface area contributed by atoms with E-state index < -0.39 is 42.5 Å². The maximum Gasteiger partial charge on any atom is 0.408 e. The Kier molecular flexibility index (Phi) is 7.32. The van der Waals surface area contributed by atoms with Crippen LogP contribution in [-0.2, 0) is 19.1 Å². The van der Waals surface area contributed by atoms with Crippen molar-refractivity contribution in [1.29, 1.82) is 0 Å². The van der Waals surface area contributed by atoms with Crippen molar-refractivity contribution >= 4 is 23.9 Å². The molecule has 1 atom stereocenters. The summed E-state index contributed by atoms with van der Waals surface area (Å²) in [6, 6.07) is 15.9. The minimum atomic E-state index is -1.31. The number of amides is 3. The first-order chi connectivity index (χ1) is 15.7. The van der Waals surface area contributed by atoms with Gasteiger partial charge in [-0.15, -0.1) is 0 Å². The van der Waals surface area contributed by atoms with E-state index >= 15 is 0 Å². The quantitative estimate of drug-likeness (QED) is 0.459. The Balaban J connectivity index is 1.58. The lowest BCUT2D eigenvalue weighted by Crippen LogP contribution is -2.57. The van der Waals surface area contributed by atoms with E-state index in [4.69, 9.17) is 9.84 Å². The Hall–Kier alpha value is -3.88. The number of rotatable bonds is 9. The fourth-order valence-electron chi connectivity index (χ4n) is 3.76. The first-order valence-electron chi connectivity index (χ1n) is 10.6. The molecule has 3 amide bonds. The molecule has 0 spiro atoms. The molecule has 0 fully saturated rings. The Labute approximate surface area is 191 Å². The number of benzene rings is 2. The van der Waals surface area contributed by atoms with Crippen LogP contribution in [0.5, 0.6) is 0 Å². The van der Waals surface area contributed by atoms with Crippen molar-refractivity contribution in [3.63, 3.8) is 0 Å². The van der Waals surface area contributed by atoms with Crippen molar-refractivity contribution < 1.29 is 29.0 Å². The third-order valence-electron chi connectivity index (χ3n) is 5.78. The van der Waals surface area contributed by atoms with Crippen LogP contribution in [0.2, 0.25) is 0 Å². The number of carboxylic acids is 1. The summed E-state index contributed by atoms with van der Waals surface area (Å²) in [7, 11) is 0. The predicted molar refractivity (Wildman–Crippen MR) is 121 cm³/mol. The van der Waals surface area contributed by atoms with Gasteiger partial charge in [-0.3, -0.25) is 14.4 Å².